The number of rotatable bonds is 2. The minimum atomic E-state index is 0. The van der Waals surface area contributed by atoms with Gasteiger partial charge in [0.15, 0.2) is 0 Å². The maximum atomic E-state index is 5.86. The Balaban J connectivity index is 0.000000340. The summed E-state index contributed by atoms with van der Waals surface area (Å²) in [5, 5.41) is 1.53. The van der Waals surface area contributed by atoms with Gasteiger partial charge < -0.3 is 0 Å². The van der Waals surface area contributed by atoms with E-state index < -0.39 is 0 Å². The Morgan fingerprint density at radius 3 is 1.40 bits per heavy atom. The second-order valence-electron chi connectivity index (χ2n) is 17.6. The zero-order valence-corrected chi connectivity index (χ0v) is 38.7. The van der Waals surface area contributed by atoms with Crippen LogP contribution in [-0.4, -0.2) is 3.21 Å². The summed E-state index contributed by atoms with van der Waals surface area (Å²) in [4.78, 5) is 0. The van der Waals surface area contributed by atoms with Crippen LogP contribution in [0.3, 0.4) is 0 Å². The van der Waals surface area contributed by atoms with Crippen molar-refractivity contribution in [2.75, 3.05) is 0 Å². The molecular weight excluding hydrogens is 798 g/mol. The first-order valence-corrected chi connectivity index (χ1v) is 19.7. The molecule has 0 atom stereocenters. The maximum absolute atomic E-state index is 5.86. The molecule has 0 heterocycles. The predicted molar refractivity (Wildman–Crippen MR) is 231 cm³/mol. The van der Waals surface area contributed by atoms with Crippen molar-refractivity contribution >= 4 is 51.2 Å². The largest absolute Gasteiger partial charge is 0.273 e. The van der Waals surface area contributed by atoms with Crippen molar-refractivity contribution in [1.29, 1.82) is 0 Å². The molecule has 0 saturated carbocycles. The molecule has 0 N–H and O–H groups in total. The van der Waals surface area contributed by atoms with Crippen molar-refractivity contribution in [2.24, 2.45) is 0 Å². The summed E-state index contributed by atoms with van der Waals surface area (Å²) in [6, 6.07) is 27.2. The molecule has 0 fully saturated rings. The molecule has 0 radical (unpaired) electrons. The number of benzene rings is 4. The van der Waals surface area contributed by atoms with E-state index in [4.69, 9.17) is 23.2 Å². The number of fused-ring (bicyclic) bond motifs is 3. The summed E-state index contributed by atoms with van der Waals surface area (Å²) in [7, 11) is 0. The standard InChI is InChI=1S/C29H41.C13H8Cl2.C5H5.2ClH.Zr/c1-26(2,3)22-14-18-13-19-15-23(27(4,5)6)25(29(10,11)12)17-21(19)20(18)16-24(22)28(7,8)9;14-12-5-1-10(2-6-12)9-11-3-7-13(15)8-4-11;1-2-4-5-3-1;;;/h14,16-17H,13H2,1-12H3;1-8H;1-3H,4H2;2*1H;/q-1;;-1;;;+2. The van der Waals surface area contributed by atoms with Gasteiger partial charge in [-0.3, -0.25) is 6.08 Å². The zero-order chi connectivity index (χ0) is 37.2. The van der Waals surface area contributed by atoms with Gasteiger partial charge in [-0.05, 0) is 39.4 Å². The Labute approximate surface area is 353 Å². The summed E-state index contributed by atoms with van der Waals surface area (Å²) in [5.41, 5.74) is 14.4. The molecule has 4 aromatic carbocycles. The van der Waals surface area contributed by atoms with E-state index in [1.165, 1.54) is 83.1 Å². The average molecular weight is 854 g/mol. The van der Waals surface area contributed by atoms with E-state index in [0.29, 0.717) is 0 Å². The first-order chi connectivity index (χ1) is 23.1. The van der Waals surface area contributed by atoms with Gasteiger partial charge in [-0.25, -0.2) is 12.2 Å². The van der Waals surface area contributed by atoms with Crippen molar-refractivity contribution in [3.05, 3.63) is 152 Å². The van der Waals surface area contributed by atoms with E-state index in [1.807, 2.05) is 60.7 Å². The van der Waals surface area contributed by atoms with Crippen molar-refractivity contribution in [2.45, 2.75) is 118 Å². The fourth-order valence-corrected chi connectivity index (χ4v) is 7.44. The third-order valence-corrected chi connectivity index (χ3v) is 11.0. The average Bonchev–Trinajstić information content (AvgIpc) is 3.71. The third-order valence-electron chi connectivity index (χ3n) is 9.09. The predicted octanol–water partition coefficient (Wildman–Crippen LogP) is 14.5. The van der Waals surface area contributed by atoms with Crippen LogP contribution < -0.4 is 0 Å². The van der Waals surface area contributed by atoms with Crippen LogP contribution in [0.25, 0.3) is 11.1 Å². The van der Waals surface area contributed by atoms with E-state index in [2.05, 4.69) is 120 Å². The van der Waals surface area contributed by atoms with Gasteiger partial charge in [0.1, 0.15) is 0 Å². The summed E-state index contributed by atoms with van der Waals surface area (Å²) in [6.07, 6.45) is 11.0. The number of hydrogen-bond donors (Lipinski definition) is 0. The molecule has 0 nitrogen and oxygen atoms in total. The molecule has 4 aromatic rings. The normalized spacial score (nSPS) is 13.1. The van der Waals surface area contributed by atoms with Gasteiger partial charge in [0.25, 0.3) is 0 Å². The summed E-state index contributed by atoms with van der Waals surface area (Å²) in [6.45, 7) is 28.0. The molecule has 2 aliphatic carbocycles. The van der Waals surface area contributed by atoms with E-state index in [0.717, 1.165) is 22.9 Å². The van der Waals surface area contributed by atoms with E-state index in [1.54, 1.807) is 0 Å². The second kappa shape index (κ2) is 18.3. The van der Waals surface area contributed by atoms with Gasteiger partial charge in [-0.2, -0.15) is 23.8 Å². The first kappa shape index (κ1) is 46.4. The van der Waals surface area contributed by atoms with Gasteiger partial charge in [-0.1, -0.05) is 106 Å². The molecule has 0 amide bonds. The Kier molecular flexibility index (Phi) is 16.3. The number of hydrogen-bond acceptors (Lipinski definition) is 0. The molecule has 0 aromatic heterocycles. The van der Waals surface area contributed by atoms with E-state index in [9.17, 15) is 0 Å². The SMILES string of the molecule is CC(C)(C)c1[c-]c2c(cc1C(C)(C)C)-c1cc(C(C)(C)C)c(C(C)(C)C)cc1C2.Cl.Cl.Clc1ccc([C](=[Zr+2])c2ccc(Cl)cc2)cc1.[C-]1=CC=CC1. The van der Waals surface area contributed by atoms with Gasteiger partial charge >= 0.3 is 120 Å². The fourth-order valence-electron chi connectivity index (χ4n) is 6.36. The zero-order valence-electron chi connectivity index (χ0n) is 33.1. The van der Waals surface area contributed by atoms with E-state index >= 15 is 0 Å². The number of allylic oxidation sites excluding steroid dienone is 4. The van der Waals surface area contributed by atoms with Crippen molar-refractivity contribution in [3.8, 4) is 11.1 Å². The smallest absolute Gasteiger partial charge is 0.109 e. The van der Waals surface area contributed by atoms with E-state index in [-0.39, 0.29) is 46.5 Å². The molecule has 0 unspecified atom stereocenters. The van der Waals surface area contributed by atoms with Crippen LogP contribution in [0.5, 0.6) is 0 Å². The van der Waals surface area contributed by atoms with Crippen LogP contribution in [0.1, 0.15) is 134 Å². The Hall–Kier alpha value is -1.73. The fraction of sp³-hybridized carbons (Fsp3) is 0.383. The van der Waals surface area contributed by atoms with Crippen molar-refractivity contribution in [1.82, 2.24) is 0 Å². The molecule has 5 heteroatoms. The molecule has 52 heavy (non-hydrogen) atoms. The molecular formula is C47H56Cl4Zr. The molecule has 0 spiro atoms. The third kappa shape index (κ3) is 11.9. The van der Waals surface area contributed by atoms with Gasteiger partial charge in [0.2, 0.25) is 0 Å². The molecule has 0 bridgehead atoms. The summed E-state index contributed by atoms with van der Waals surface area (Å²) in [5.74, 6) is 0. The molecule has 0 aliphatic heterocycles. The van der Waals surface area contributed by atoms with Crippen LogP contribution in [0, 0.1) is 12.1 Å². The van der Waals surface area contributed by atoms with Crippen LogP contribution in [0.2, 0.25) is 10.0 Å². The molecule has 2 aliphatic rings. The quantitative estimate of drug-likeness (QED) is 0.155. The minimum Gasteiger partial charge on any atom is -0.273 e. The minimum absolute atomic E-state index is 0. The van der Waals surface area contributed by atoms with Gasteiger partial charge in [0, 0.05) is 0 Å². The Bertz CT molecular complexity index is 1750. The van der Waals surface area contributed by atoms with Crippen LogP contribution in [0.4, 0.5) is 0 Å². The van der Waals surface area contributed by atoms with Gasteiger partial charge in [-0.15, -0.1) is 47.9 Å². The van der Waals surface area contributed by atoms with Crippen molar-refractivity contribution < 1.29 is 24.2 Å². The monoisotopic (exact) mass is 850 g/mol. The Morgan fingerprint density at radius 1 is 0.596 bits per heavy atom. The maximum Gasteiger partial charge on any atom is -0.109 e. The topological polar surface area (TPSA) is 0 Å². The summed E-state index contributed by atoms with van der Waals surface area (Å²) >= 11 is 13.1. The number of halogens is 4. The Morgan fingerprint density at radius 2 is 1.04 bits per heavy atom. The van der Waals surface area contributed by atoms with Gasteiger partial charge in [0.05, 0.1) is 0 Å². The van der Waals surface area contributed by atoms with Crippen LogP contribution in [-0.2, 0) is 52.3 Å². The molecule has 6 rings (SSSR count). The molecule has 0 saturated heterocycles. The summed E-state index contributed by atoms with van der Waals surface area (Å²) < 4.78 is 1.31. The van der Waals surface area contributed by atoms with Crippen LogP contribution in [0.15, 0.2) is 85.0 Å². The molecule has 276 valence electrons. The first-order valence-electron chi connectivity index (χ1n) is 17.7. The van der Waals surface area contributed by atoms with Crippen LogP contribution >= 0.6 is 48.0 Å². The second-order valence-corrected chi connectivity index (χ2v) is 19.7. The van der Waals surface area contributed by atoms with Crippen molar-refractivity contribution in [3.63, 3.8) is 0 Å².